The van der Waals surface area contributed by atoms with Crippen LogP contribution in [0.3, 0.4) is 0 Å². The van der Waals surface area contributed by atoms with Gasteiger partial charge in [0, 0.05) is 5.56 Å². The van der Waals surface area contributed by atoms with Gasteiger partial charge < -0.3 is 5.73 Å². The Morgan fingerprint density at radius 1 is 1.19 bits per heavy atom. The Labute approximate surface area is 104 Å². The summed E-state index contributed by atoms with van der Waals surface area (Å²) in [4.78, 5) is 23.0. The molecule has 0 spiro atoms. The Morgan fingerprint density at radius 2 is 1.69 bits per heavy atom. The van der Waals surface area contributed by atoms with Crippen molar-refractivity contribution < 1.29 is 9.59 Å². The van der Waals surface area contributed by atoms with Gasteiger partial charge in [0.15, 0.2) is 17.1 Å². The lowest BCUT2D eigenvalue weighted by molar-refractivity contribution is -0.132. The largest absolute Gasteiger partial charge is 0.309 e. The second-order valence-electron chi connectivity index (χ2n) is 3.52. The molecule has 0 saturated carbocycles. The molecule has 0 fully saturated rings. The third-order valence-corrected chi connectivity index (χ3v) is 3.31. The summed E-state index contributed by atoms with van der Waals surface area (Å²) in [7, 11) is 0. The van der Waals surface area contributed by atoms with E-state index in [9.17, 15) is 9.59 Å². The molecule has 0 aliphatic carbocycles. The molecule has 0 radical (unpaired) electrons. The molecule has 0 aliphatic rings. The molecule has 1 aromatic rings. The molecule has 3 nitrogen and oxygen atoms in total. The lowest BCUT2D eigenvalue weighted by atomic mass is 9.84. The number of carbonyl (C=O) groups excluding carboxylic acids is 2. The summed E-state index contributed by atoms with van der Waals surface area (Å²) in [6.45, 7) is 2.50. The summed E-state index contributed by atoms with van der Waals surface area (Å²) in [6, 6.07) is 4.68. The van der Waals surface area contributed by atoms with Crippen LogP contribution in [0.2, 0.25) is 10.0 Å². The van der Waals surface area contributed by atoms with Gasteiger partial charge in [-0.3, -0.25) is 9.59 Å². The highest BCUT2D eigenvalue weighted by molar-refractivity contribution is 6.43. The van der Waals surface area contributed by atoms with E-state index >= 15 is 0 Å². The van der Waals surface area contributed by atoms with E-state index in [0.717, 1.165) is 0 Å². The van der Waals surface area contributed by atoms with Gasteiger partial charge in [-0.15, -0.1) is 0 Å². The molecule has 0 unspecified atom stereocenters. The Bertz CT molecular complexity index is 443. The van der Waals surface area contributed by atoms with Crippen molar-refractivity contribution in [3.05, 3.63) is 33.8 Å². The summed E-state index contributed by atoms with van der Waals surface area (Å²) in [5.41, 5.74) is 4.35. The number of ketones is 2. The van der Waals surface area contributed by atoms with Crippen LogP contribution in [0.1, 0.15) is 19.4 Å². The zero-order valence-corrected chi connectivity index (χ0v) is 10.4. The Hall–Kier alpha value is -0.900. The summed E-state index contributed by atoms with van der Waals surface area (Å²) in [5, 5.41) is 0.397. The topological polar surface area (TPSA) is 60.2 Å². The maximum absolute atomic E-state index is 11.5. The van der Waals surface area contributed by atoms with Gasteiger partial charge >= 0.3 is 0 Å². The number of nitrogens with two attached hydrogens (primary N) is 1. The monoisotopic (exact) mass is 259 g/mol. The van der Waals surface area contributed by atoms with Crippen molar-refractivity contribution in [2.75, 3.05) is 0 Å². The number of rotatable bonds is 3. The van der Waals surface area contributed by atoms with Gasteiger partial charge in [-0.1, -0.05) is 35.3 Å². The molecular weight excluding hydrogens is 249 g/mol. The summed E-state index contributed by atoms with van der Waals surface area (Å²) in [6.07, 6.45) is 0. The van der Waals surface area contributed by atoms with Crippen LogP contribution in [-0.2, 0) is 15.1 Å². The molecule has 1 rings (SSSR count). The van der Waals surface area contributed by atoms with Gasteiger partial charge in [0.2, 0.25) is 0 Å². The van der Waals surface area contributed by atoms with E-state index in [2.05, 4.69) is 0 Å². The van der Waals surface area contributed by atoms with Crippen LogP contribution < -0.4 is 5.73 Å². The van der Waals surface area contributed by atoms with E-state index in [1.54, 1.807) is 12.1 Å². The lowest BCUT2D eigenvalue weighted by Crippen LogP contribution is -2.50. The summed E-state index contributed by atoms with van der Waals surface area (Å²) < 4.78 is 0. The zero-order valence-electron chi connectivity index (χ0n) is 8.88. The number of hydrogen-bond donors (Lipinski definition) is 1. The second-order valence-corrected chi connectivity index (χ2v) is 4.31. The van der Waals surface area contributed by atoms with Crippen molar-refractivity contribution in [3.8, 4) is 0 Å². The predicted octanol–water partition coefficient (Wildman–Crippen LogP) is 2.33. The van der Waals surface area contributed by atoms with Crippen LogP contribution in [0.15, 0.2) is 18.2 Å². The quantitative estimate of drug-likeness (QED) is 0.848. The molecule has 0 aromatic heterocycles. The zero-order chi connectivity index (χ0) is 12.5. The van der Waals surface area contributed by atoms with Gasteiger partial charge in [-0.05, 0) is 19.9 Å². The first kappa shape index (κ1) is 13.2. The number of hydrogen-bond acceptors (Lipinski definition) is 3. The molecule has 0 atom stereocenters. The van der Waals surface area contributed by atoms with Crippen LogP contribution in [-0.4, -0.2) is 11.6 Å². The number of carbonyl (C=O) groups is 2. The molecule has 2 N–H and O–H groups in total. The van der Waals surface area contributed by atoms with Gasteiger partial charge in [-0.2, -0.15) is 0 Å². The van der Waals surface area contributed by atoms with Gasteiger partial charge in [-0.25, -0.2) is 0 Å². The Balaban J connectivity index is 3.51. The second kappa shape index (κ2) is 4.53. The first-order valence-electron chi connectivity index (χ1n) is 4.57. The predicted molar refractivity (Wildman–Crippen MR) is 63.7 cm³/mol. The maximum atomic E-state index is 11.5. The molecule has 5 heteroatoms. The third-order valence-electron chi connectivity index (χ3n) is 2.49. The van der Waals surface area contributed by atoms with Crippen LogP contribution in [0.5, 0.6) is 0 Å². The van der Waals surface area contributed by atoms with Gasteiger partial charge in [0.05, 0.1) is 10.0 Å². The van der Waals surface area contributed by atoms with E-state index in [-0.39, 0.29) is 15.6 Å². The normalized spacial score (nSPS) is 11.3. The fourth-order valence-corrected chi connectivity index (χ4v) is 1.89. The molecule has 0 saturated heterocycles. The minimum atomic E-state index is -1.72. The molecule has 86 valence electrons. The van der Waals surface area contributed by atoms with E-state index in [4.69, 9.17) is 28.9 Å². The Kier molecular flexibility index (Phi) is 3.73. The molecule has 1 aromatic carbocycles. The fraction of sp³-hybridized carbons (Fsp3) is 0.273. The van der Waals surface area contributed by atoms with Gasteiger partial charge in [0.25, 0.3) is 0 Å². The standard InChI is InChI=1S/C11H11Cl2NO2/c1-6(15)11(14,7(2)16)8-4-3-5-9(12)10(8)13/h3-5H,14H2,1-2H3. The third kappa shape index (κ3) is 1.98. The van der Waals surface area contributed by atoms with E-state index in [1.165, 1.54) is 19.9 Å². The average Bonchev–Trinajstić information content (AvgIpc) is 2.20. The average molecular weight is 260 g/mol. The minimum Gasteiger partial charge on any atom is -0.309 e. The first-order chi connectivity index (χ1) is 7.31. The van der Waals surface area contributed by atoms with Crippen LogP contribution in [0.25, 0.3) is 0 Å². The molecule has 0 heterocycles. The van der Waals surface area contributed by atoms with E-state index in [0.29, 0.717) is 0 Å². The number of benzene rings is 1. The van der Waals surface area contributed by atoms with Crippen molar-refractivity contribution in [1.29, 1.82) is 0 Å². The van der Waals surface area contributed by atoms with Crippen molar-refractivity contribution in [3.63, 3.8) is 0 Å². The van der Waals surface area contributed by atoms with Crippen LogP contribution in [0, 0.1) is 0 Å². The summed E-state index contributed by atoms with van der Waals surface area (Å²) in [5.74, 6) is -0.937. The van der Waals surface area contributed by atoms with Crippen molar-refractivity contribution in [2.24, 2.45) is 5.73 Å². The maximum Gasteiger partial charge on any atom is 0.161 e. The highest BCUT2D eigenvalue weighted by Gasteiger charge is 2.39. The molecule has 0 amide bonds. The highest BCUT2D eigenvalue weighted by atomic mass is 35.5. The van der Waals surface area contributed by atoms with Crippen molar-refractivity contribution in [2.45, 2.75) is 19.4 Å². The van der Waals surface area contributed by atoms with Crippen molar-refractivity contribution in [1.82, 2.24) is 0 Å². The van der Waals surface area contributed by atoms with Gasteiger partial charge in [0.1, 0.15) is 0 Å². The molecule has 0 bridgehead atoms. The summed E-state index contributed by atoms with van der Waals surface area (Å²) >= 11 is 11.8. The smallest absolute Gasteiger partial charge is 0.161 e. The Morgan fingerprint density at radius 3 is 2.12 bits per heavy atom. The van der Waals surface area contributed by atoms with Crippen LogP contribution >= 0.6 is 23.2 Å². The van der Waals surface area contributed by atoms with E-state index < -0.39 is 17.1 Å². The fourth-order valence-electron chi connectivity index (χ4n) is 1.44. The van der Waals surface area contributed by atoms with Crippen LogP contribution in [0.4, 0.5) is 0 Å². The molecule has 16 heavy (non-hydrogen) atoms. The lowest BCUT2D eigenvalue weighted by Gasteiger charge is -2.25. The SMILES string of the molecule is CC(=O)C(N)(C(C)=O)c1cccc(Cl)c1Cl. The highest BCUT2D eigenvalue weighted by Crippen LogP contribution is 2.33. The van der Waals surface area contributed by atoms with E-state index in [1.807, 2.05) is 0 Å². The number of halogens is 2. The first-order valence-corrected chi connectivity index (χ1v) is 5.32. The minimum absolute atomic E-state index is 0.136. The number of Topliss-reactive ketones (excluding diaryl/α,β-unsaturated/α-hetero) is 2. The molecular formula is C11H11Cl2NO2. The molecule has 0 aliphatic heterocycles. The van der Waals surface area contributed by atoms with Crippen molar-refractivity contribution >= 4 is 34.8 Å².